The Morgan fingerprint density at radius 3 is 2.63 bits per heavy atom. The van der Waals surface area contributed by atoms with E-state index in [0.29, 0.717) is 31.6 Å². The number of ketones is 1. The summed E-state index contributed by atoms with van der Waals surface area (Å²) in [5.41, 5.74) is -5.29. The van der Waals surface area contributed by atoms with Crippen LogP contribution in [0.2, 0.25) is 0 Å². The van der Waals surface area contributed by atoms with Gasteiger partial charge in [0.2, 0.25) is 0 Å². The van der Waals surface area contributed by atoms with E-state index in [2.05, 4.69) is 20.8 Å². The van der Waals surface area contributed by atoms with Crippen LogP contribution >= 0.6 is 0 Å². The van der Waals surface area contributed by atoms with E-state index in [1.165, 1.54) is 0 Å². The van der Waals surface area contributed by atoms with Crippen molar-refractivity contribution in [3.05, 3.63) is 36.3 Å². The number of allylic oxidation sites excluding steroid dienone is 1. The SMILES string of the molecule is CC(C)CC[C@@]1(C)O[C@H]2CC(=O)OC[C@@]23[C@H]2CC[C@]4(C)[C@H](c5ccoc5)OC(=O)[C@H]5O[C@@]54[C@]24CC=C[C@]31C(=O)[C@H]4O. The van der Waals surface area contributed by atoms with Gasteiger partial charge in [0.25, 0.3) is 0 Å². The second-order valence-corrected chi connectivity index (χ2v) is 14.5. The molecule has 41 heavy (non-hydrogen) atoms. The summed E-state index contributed by atoms with van der Waals surface area (Å²) in [6.07, 6.45) is 6.77. The Bertz CT molecular complexity index is 1380. The van der Waals surface area contributed by atoms with Gasteiger partial charge in [0, 0.05) is 16.4 Å². The summed E-state index contributed by atoms with van der Waals surface area (Å²) in [6.45, 7) is 8.37. The van der Waals surface area contributed by atoms with Crippen molar-refractivity contribution in [2.45, 2.75) is 102 Å². The number of hydrogen-bond acceptors (Lipinski definition) is 9. The fourth-order valence-electron chi connectivity index (χ4n) is 11.1. The molecule has 1 aromatic heterocycles. The van der Waals surface area contributed by atoms with Crippen molar-refractivity contribution in [3.63, 3.8) is 0 Å². The number of esters is 2. The monoisotopic (exact) mass is 566 g/mol. The number of carbonyl (C=O) groups is 3. The summed E-state index contributed by atoms with van der Waals surface area (Å²) in [4.78, 5) is 41.3. The van der Waals surface area contributed by atoms with Gasteiger partial charge in [-0.3, -0.25) is 9.59 Å². The van der Waals surface area contributed by atoms with Gasteiger partial charge in [-0.15, -0.1) is 0 Å². The van der Waals surface area contributed by atoms with Crippen LogP contribution in [-0.4, -0.2) is 58.9 Å². The van der Waals surface area contributed by atoms with Crippen molar-refractivity contribution in [3.8, 4) is 0 Å². The summed E-state index contributed by atoms with van der Waals surface area (Å²) in [5.74, 6) is -1.05. The van der Waals surface area contributed by atoms with Crippen LogP contribution in [0.1, 0.15) is 77.9 Å². The first-order chi connectivity index (χ1) is 19.5. The summed E-state index contributed by atoms with van der Waals surface area (Å²) in [5, 5.41) is 12.5. The number of cyclic esters (lactones) is 2. The summed E-state index contributed by atoms with van der Waals surface area (Å²) in [6, 6.07) is 1.80. The van der Waals surface area contributed by atoms with E-state index in [4.69, 9.17) is 23.4 Å². The van der Waals surface area contributed by atoms with E-state index in [0.717, 1.165) is 12.0 Å². The van der Waals surface area contributed by atoms with E-state index in [-0.39, 0.29) is 30.7 Å². The minimum atomic E-state index is -1.40. The molecule has 8 aliphatic rings. The van der Waals surface area contributed by atoms with Crippen LogP contribution in [0.4, 0.5) is 0 Å². The Morgan fingerprint density at radius 1 is 1.10 bits per heavy atom. The zero-order valence-corrected chi connectivity index (χ0v) is 24.0. The minimum Gasteiger partial charge on any atom is -0.472 e. The number of aliphatic hydroxyl groups is 1. The highest BCUT2D eigenvalue weighted by Crippen LogP contribution is 2.84. The molecule has 4 aliphatic carbocycles. The molecule has 4 saturated heterocycles. The van der Waals surface area contributed by atoms with Crippen LogP contribution in [-0.2, 0) is 33.3 Å². The highest BCUT2D eigenvalue weighted by molar-refractivity contribution is 5.97. The lowest BCUT2D eigenvalue weighted by atomic mass is 9.33. The topological polar surface area (TPSA) is 125 Å². The van der Waals surface area contributed by atoms with Crippen LogP contribution in [0, 0.1) is 33.5 Å². The van der Waals surface area contributed by atoms with E-state index >= 15 is 4.79 Å². The molecule has 1 aromatic rings. The first-order valence-electron chi connectivity index (χ1n) is 15.1. The number of furan rings is 1. The molecule has 4 aliphatic heterocycles. The molecule has 9 nitrogen and oxygen atoms in total. The van der Waals surface area contributed by atoms with Crippen molar-refractivity contribution < 1.29 is 42.9 Å². The number of epoxide rings is 1. The van der Waals surface area contributed by atoms with Gasteiger partial charge < -0.3 is 28.5 Å². The van der Waals surface area contributed by atoms with Crippen molar-refractivity contribution in [2.75, 3.05) is 6.61 Å². The molecule has 2 saturated carbocycles. The van der Waals surface area contributed by atoms with Crippen molar-refractivity contribution >= 4 is 17.7 Å². The predicted octanol–water partition coefficient (Wildman–Crippen LogP) is 3.83. The molecule has 0 amide bonds. The zero-order valence-electron chi connectivity index (χ0n) is 24.0. The van der Waals surface area contributed by atoms with Gasteiger partial charge in [0.05, 0.1) is 41.5 Å². The second kappa shape index (κ2) is 7.71. The lowest BCUT2D eigenvalue weighted by Crippen LogP contribution is -2.79. The summed E-state index contributed by atoms with van der Waals surface area (Å²) >= 11 is 0. The van der Waals surface area contributed by atoms with Crippen LogP contribution < -0.4 is 0 Å². The molecular formula is C32H38O9. The fraction of sp³-hybridized carbons (Fsp3) is 0.719. The molecule has 220 valence electrons. The minimum absolute atomic E-state index is 0.0377. The molecule has 1 N–H and O–H groups in total. The smallest absolute Gasteiger partial charge is 0.339 e. The molecule has 5 heterocycles. The van der Waals surface area contributed by atoms with E-state index in [9.17, 15) is 14.7 Å². The molecule has 9 heteroatoms. The zero-order chi connectivity index (χ0) is 28.8. The van der Waals surface area contributed by atoms with Gasteiger partial charge >= 0.3 is 11.9 Å². The molecule has 0 unspecified atom stereocenters. The normalized spacial score (nSPS) is 52.5. The number of fused-ring (bicyclic) bond motifs is 2. The Balaban J connectivity index is 1.36. The van der Waals surface area contributed by atoms with Crippen molar-refractivity contribution in [1.29, 1.82) is 0 Å². The number of carbonyl (C=O) groups excluding carboxylic acids is 3. The molecule has 4 spiro atoms. The van der Waals surface area contributed by atoms with Gasteiger partial charge in [-0.25, -0.2) is 4.79 Å². The average Bonchev–Trinajstić information content (AvgIpc) is 3.48. The maximum atomic E-state index is 15.1. The molecule has 2 bridgehead atoms. The number of rotatable bonds is 4. The lowest BCUT2D eigenvalue weighted by molar-refractivity contribution is -0.262. The van der Waals surface area contributed by atoms with Crippen LogP contribution in [0.5, 0.6) is 0 Å². The fourth-order valence-corrected chi connectivity index (χ4v) is 11.1. The number of Topliss-reactive ketones (excluding diaryl/α,β-unsaturated/α-hetero) is 1. The Kier molecular flexibility index (Phi) is 4.92. The number of hydrogen-bond donors (Lipinski definition) is 1. The maximum absolute atomic E-state index is 15.1. The third kappa shape index (κ3) is 2.54. The van der Waals surface area contributed by atoms with Crippen LogP contribution in [0.15, 0.2) is 35.2 Å². The Morgan fingerprint density at radius 2 is 1.90 bits per heavy atom. The summed E-state index contributed by atoms with van der Waals surface area (Å²) in [7, 11) is 0. The third-order valence-corrected chi connectivity index (χ3v) is 12.7. The Labute approximate surface area is 238 Å². The quantitative estimate of drug-likeness (QED) is 0.329. The van der Waals surface area contributed by atoms with Gasteiger partial charge in [-0.1, -0.05) is 32.9 Å². The van der Waals surface area contributed by atoms with Crippen LogP contribution in [0.3, 0.4) is 0 Å². The number of aliphatic hydroxyl groups excluding tert-OH is 1. The molecular weight excluding hydrogens is 528 g/mol. The Hall–Kier alpha value is -2.49. The van der Waals surface area contributed by atoms with E-state index < -0.39 is 63.2 Å². The largest absolute Gasteiger partial charge is 0.472 e. The third-order valence-electron chi connectivity index (χ3n) is 12.7. The van der Waals surface area contributed by atoms with Crippen molar-refractivity contribution in [1.82, 2.24) is 0 Å². The van der Waals surface area contributed by atoms with Crippen LogP contribution in [0.25, 0.3) is 0 Å². The average molecular weight is 567 g/mol. The lowest BCUT2D eigenvalue weighted by Gasteiger charge is -2.68. The predicted molar refractivity (Wildman–Crippen MR) is 141 cm³/mol. The van der Waals surface area contributed by atoms with Crippen molar-refractivity contribution in [2.24, 2.45) is 33.5 Å². The second-order valence-electron chi connectivity index (χ2n) is 14.5. The van der Waals surface area contributed by atoms with Gasteiger partial charge in [0.15, 0.2) is 11.9 Å². The summed E-state index contributed by atoms with van der Waals surface area (Å²) < 4.78 is 30.8. The molecule has 11 atom stereocenters. The maximum Gasteiger partial charge on any atom is 0.339 e. The molecule has 9 rings (SSSR count). The molecule has 0 radical (unpaired) electrons. The highest BCUT2D eigenvalue weighted by atomic mass is 16.7. The van der Waals surface area contributed by atoms with E-state index in [1.54, 1.807) is 18.6 Å². The first kappa shape index (κ1) is 26.2. The number of ether oxygens (including phenoxy) is 4. The van der Waals surface area contributed by atoms with E-state index in [1.807, 2.05) is 19.1 Å². The van der Waals surface area contributed by atoms with Gasteiger partial charge in [0.1, 0.15) is 24.4 Å². The standard InChI is InChI=1S/C32H38O9/c1-17(2)6-12-28(4)31-10-5-9-29(22(34)23(31)35)19(30(31)16-38-21(33)14-20(30)40-28)7-11-27(3)24(18-8-13-37-15-18)39-26(36)25-32(27,29)41-25/h5,8,10,13,15,17,19-20,22,24-25,34H,6-7,9,11-12,14,16H2,1-4H3/t19-,20-,22+,24-,25+,27+,28+,29+,30+,31+,32-/m0/s1. The molecule has 0 aromatic carbocycles. The van der Waals surface area contributed by atoms with Gasteiger partial charge in [-0.2, -0.15) is 0 Å². The first-order valence-corrected chi connectivity index (χ1v) is 15.1. The molecule has 6 fully saturated rings. The highest BCUT2D eigenvalue weighted by Gasteiger charge is 2.94. The van der Waals surface area contributed by atoms with Gasteiger partial charge in [-0.05, 0) is 56.9 Å².